The zero-order valence-corrected chi connectivity index (χ0v) is 13.4. The van der Waals surface area contributed by atoms with Crippen LogP contribution in [0.4, 0.5) is 0 Å². The molecule has 2 aliphatic heterocycles. The molecule has 1 atom stereocenters. The van der Waals surface area contributed by atoms with Gasteiger partial charge in [0.2, 0.25) is 5.91 Å². The third kappa shape index (κ3) is 4.43. The van der Waals surface area contributed by atoms with Gasteiger partial charge in [-0.3, -0.25) is 14.6 Å². The summed E-state index contributed by atoms with van der Waals surface area (Å²) in [4.78, 5) is 17.2. The van der Waals surface area contributed by atoms with E-state index in [2.05, 4.69) is 15.1 Å². The lowest BCUT2D eigenvalue weighted by molar-refractivity contribution is -0.122. The van der Waals surface area contributed by atoms with Gasteiger partial charge in [-0.2, -0.15) is 0 Å². The number of amides is 1. The van der Waals surface area contributed by atoms with Gasteiger partial charge in [-0.25, -0.2) is 0 Å². The molecular formula is C17H31N3O. The molecule has 0 spiro atoms. The molecule has 0 aromatic carbocycles. The molecule has 120 valence electrons. The number of carbonyl (C=O) groups excluding carboxylic acids is 1. The lowest BCUT2D eigenvalue weighted by atomic mass is 9.89. The van der Waals surface area contributed by atoms with Gasteiger partial charge < -0.3 is 5.32 Å². The highest BCUT2D eigenvalue weighted by atomic mass is 16.2. The first-order valence-corrected chi connectivity index (χ1v) is 9.04. The molecule has 0 aromatic rings. The number of rotatable bonds is 4. The summed E-state index contributed by atoms with van der Waals surface area (Å²) in [6, 6.07) is 0.707. The summed E-state index contributed by atoms with van der Waals surface area (Å²) in [5.41, 5.74) is 0. The highest BCUT2D eigenvalue weighted by Crippen LogP contribution is 2.23. The fourth-order valence-electron chi connectivity index (χ4n) is 4.34. The van der Waals surface area contributed by atoms with Crippen LogP contribution >= 0.6 is 0 Å². The molecule has 0 unspecified atom stereocenters. The molecule has 1 N–H and O–H groups in total. The normalized spacial score (nSPS) is 29.0. The standard InChI is InChI=1S/C17H31N3O/c21-17(18-12-15-6-2-1-3-7-15)14-19-9-5-11-20-10-4-8-16(20)13-19/h15-16H,1-14H2,(H,18,21)/t16-/m0/s1. The van der Waals surface area contributed by atoms with Crippen molar-refractivity contribution >= 4 is 5.91 Å². The Bertz CT molecular complexity index is 341. The van der Waals surface area contributed by atoms with Gasteiger partial charge in [0.05, 0.1) is 6.54 Å². The SMILES string of the molecule is O=C(CN1CCCN2CCC[C@H]2C1)NCC1CCCCC1. The first kappa shape index (κ1) is 15.3. The first-order valence-electron chi connectivity index (χ1n) is 9.04. The van der Waals surface area contributed by atoms with Gasteiger partial charge in [0, 0.05) is 19.1 Å². The predicted molar refractivity (Wildman–Crippen MR) is 85.2 cm³/mol. The average molecular weight is 293 g/mol. The second kappa shape index (κ2) is 7.59. The number of hydrogen-bond acceptors (Lipinski definition) is 3. The quantitative estimate of drug-likeness (QED) is 0.859. The van der Waals surface area contributed by atoms with E-state index in [1.165, 1.54) is 64.5 Å². The molecule has 2 heterocycles. The molecule has 0 bridgehead atoms. The number of nitrogens with one attached hydrogen (secondary N) is 1. The van der Waals surface area contributed by atoms with Crippen LogP contribution < -0.4 is 5.32 Å². The molecule has 21 heavy (non-hydrogen) atoms. The van der Waals surface area contributed by atoms with Crippen LogP contribution in [0.15, 0.2) is 0 Å². The summed E-state index contributed by atoms with van der Waals surface area (Å²) in [5.74, 6) is 0.976. The van der Waals surface area contributed by atoms with E-state index in [0.29, 0.717) is 12.6 Å². The zero-order chi connectivity index (χ0) is 14.5. The van der Waals surface area contributed by atoms with Gasteiger partial charge >= 0.3 is 0 Å². The fourth-order valence-corrected chi connectivity index (χ4v) is 4.34. The van der Waals surface area contributed by atoms with Crippen molar-refractivity contribution in [3.05, 3.63) is 0 Å². The molecule has 2 saturated heterocycles. The van der Waals surface area contributed by atoms with E-state index in [0.717, 1.165) is 25.6 Å². The lowest BCUT2D eigenvalue weighted by Gasteiger charge is -2.26. The van der Waals surface area contributed by atoms with Crippen LogP contribution in [-0.2, 0) is 4.79 Å². The highest BCUT2D eigenvalue weighted by molar-refractivity contribution is 5.78. The van der Waals surface area contributed by atoms with Crippen molar-refractivity contribution in [3.8, 4) is 0 Å². The van der Waals surface area contributed by atoms with Gasteiger partial charge in [0.15, 0.2) is 0 Å². The Kier molecular flexibility index (Phi) is 5.53. The summed E-state index contributed by atoms with van der Waals surface area (Å²) in [6.45, 7) is 6.19. The molecule has 0 radical (unpaired) electrons. The summed E-state index contributed by atoms with van der Waals surface area (Å²) < 4.78 is 0. The minimum atomic E-state index is 0.243. The molecule has 3 aliphatic rings. The van der Waals surface area contributed by atoms with Crippen LogP contribution in [-0.4, -0.2) is 61.0 Å². The van der Waals surface area contributed by atoms with E-state index in [1.54, 1.807) is 0 Å². The molecular weight excluding hydrogens is 262 g/mol. The second-order valence-corrected chi connectivity index (χ2v) is 7.23. The first-order chi connectivity index (χ1) is 10.3. The molecule has 4 heteroatoms. The Morgan fingerprint density at radius 2 is 1.76 bits per heavy atom. The van der Waals surface area contributed by atoms with Crippen molar-refractivity contribution in [1.82, 2.24) is 15.1 Å². The van der Waals surface area contributed by atoms with Crippen molar-refractivity contribution in [2.24, 2.45) is 5.92 Å². The van der Waals surface area contributed by atoms with Crippen LogP contribution in [0.3, 0.4) is 0 Å². The van der Waals surface area contributed by atoms with E-state index in [9.17, 15) is 4.79 Å². The molecule has 3 rings (SSSR count). The van der Waals surface area contributed by atoms with Crippen LogP contribution in [0, 0.1) is 5.92 Å². The Hall–Kier alpha value is -0.610. The maximum atomic E-state index is 12.2. The molecule has 4 nitrogen and oxygen atoms in total. The maximum Gasteiger partial charge on any atom is 0.234 e. The van der Waals surface area contributed by atoms with Gasteiger partial charge in [-0.1, -0.05) is 19.3 Å². The van der Waals surface area contributed by atoms with Gasteiger partial charge in [-0.05, 0) is 57.7 Å². The maximum absolute atomic E-state index is 12.2. The Labute approximate surface area is 129 Å². The van der Waals surface area contributed by atoms with Gasteiger partial charge in [0.25, 0.3) is 0 Å². The monoisotopic (exact) mass is 293 g/mol. The number of hydrogen-bond donors (Lipinski definition) is 1. The predicted octanol–water partition coefficient (Wildman–Crippen LogP) is 1.85. The van der Waals surface area contributed by atoms with Crippen LogP contribution in [0.5, 0.6) is 0 Å². The van der Waals surface area contributed by atoms with E-state index in [-0.39, 0.29) is 5.91 Å². The summed E-state index contributed by atoms with van der Waals surface area (Å²) >= 11 is 0. The molecule has 3 fully saturated rings. The molecule has 0 aromatic heterocycles. The van der Waals surface area contributed by atoms with Crippen molar-refractivity contribution in [2.45, 2.75) is 57.4 Å². The lowest BCUT2D eigenvalue weighted by Crippen LogP contribution is -2.43. The smallest absolute Gasteiger partial charge is 0.234 e. The van der Waals surface area contributed by atoms with E-state index in [1.807, 2.05) is 0 Å². The van der Waals surface area contributed by atoms with E-state index < -0.39 is 0 Å². The van der Waals surface area contributed by atoms with E-state index in [4.69, 9.17) is 0 Å². The van der Waals surface area contributed by atoms with Crippen molar-refractivity contribution in [3.63, 3.8) is 0 Å². The Balaban J connectivity index is 1.39. The third-order valence-electron chi connectivity index (χ3n) is 5.57. The minimum absolute atomic E-state index is 0.243. The van der Waals surface area contributed by atoms with Crippen LogP contribution in [0.25, 0.3) is 0 Å². The van der Waals surface area contributed by atoms with Crippen molar-refractivity contribution in [2.75, 3.05) is 39.3 Å². The van der Waals surface area contributed by atoms with Crippen molar-refractivity contribution < 1.29 is 4.79 Å². The van der Waals surface area contributed by atoms with Crippen LogP contribution in [0.1, 0.15) is 51.4 Å². The summed E-state index contributed by atoms with van der Waals surface area (Å²) in [7, 11) is 0. The fraction of sp³-hybridized carbons (Fsp3) is 0.941. The Morgan fingerprint density at radius 3 is 2.62 bits per heavy atom. The van der Waals surface area contributed by atoms with E-state index >= 15 is 0 Å². The number of carbonyl (C=O) groups is 1. The molecule has 1 aliphatic carbocycles. The van der Waals surface area contributed by atoms with Gasteiger partial charge in [0.1, 0.15) is 0 Å². The molecule has 1 amide bonds. The summed E-state index contributed by atoms with van der Waals surface area (Å²) in [6.07, 6.45) is 10.6. The van der Waals surface area contributed by atoms with Crippen molar-refractivity contribution in [1.29, 1.82) is 0 Å². The molecule has 1 saturated carbocycles. The summed E-state index contributed by atoms with van der Waals surface area (Å²) in [5, 5.41) is 3.19. The third-order valence-corrected chi connectivity index (χ3v) is 5.57. The average Bonchev–Trinajstić information content (AvgIpc) is 2.85. The highest BCUT2D eigenvalue weighted by Gasteiger charge is 2.29. The van der Waals surface area contributed by atoms with Gasteiger partial charge in [-0.15, -0.1) is 0 Å². The topological polar surface area (TPSA) is 35.6 Å². The largest absolute Gasteiger partial charge is 0.355 e. The number of fused-ring (bicyclic) bond motifs is 1. The zero-order valence-electron chi connectivity index (χ0n) is 13.4. The number of nitrogens with zero attached hydrogens (tertiary/aromatic N) is 2. The Morgan fingerprint density at radius 1 is 0.952 bits per heavy atom. The van der Waals surface area contributed by atoms with Crippen LogP contribution in [0.2, 0.25) is 0 Å². The second-order valence-electron chi connectivity index (χ2n) is 7.23. The minimum Gasteiger partial charge on any atom is -0.355 e.